The molecule has 0 aliphatic heterocycles. The van der Waals surface area contributed by atoms with Gasteiger partial charge in [-0.2, -0.15) is 13.2 Å². The van der Waals surface area contributed by atoms with E-state index < -0.39 is 18.7 Å². The third kappa shape index (κ3) is 6.27. The molecule has 2 heterocycles. The Kier molecular flexibility index (Phi) is 6.87. The van der Waals surface area contributed by atoms with Gasteiger partial charge in [0.05, 0.1) is 16.2 Å². The van der Waals surface area contributed by atoms with Crippen LogP contribution in [0.2, 0.25) is 5.02 Å². The lowest BCUT2D eigenvalue weighted by Crippen LogP contribution is -2.19. The van der Waals surface area contributed by atoms with E-state index in [4.69, 9.17) is 26.8 Å². The number of alkyl halides is 3. The highest BCUT2D eigenvalue weighted by molar-refractivity contribution is 6.32. The fourth-order valence-corrected chi connectivity index (χ4v) is 3.27. The summed E-state index contributed by atoms with van der Waals surface area (Å²) in [5.74, 6) is -0.682. The number of nitrogens with zero attached hydrogens (tertiary/aromatic N) is 3. The Bertz CT molecular complexity index is 1370. The van der Waals surface area contributed by atoms with E-state index in [1.54, 1.807) is 30.5 Å². The molecule has 0 unspecified atom stereocenters. The van der Waals surface area contributed by atoms with Crippen LogP contribution in [0.4, 0.5) is 24.7 Å². The SMILES string of the molecule is NC(=O)c1nc(Nc2ccc(OCc3ccccn3)c(Cl)c2)c2ccc(OCC(F)(F)F)cc2n1. The molecule has 180 valence electrons. The highest BCUT2D eigenvalue weighted by atomic mass is 35.5. The van der Waals surface area contributed by atoms with E-state index in [0.29, 0.717) is 21.8 Å². The molecule has 35 heavy (non-hydrogen) atoms. The van der Waals surface area contributed by atoms with Crippen molar-refractivity contribution in [3.05, 3.63) is 77.3 Å². The van der Waals surface area contributed by atoms with Crippen LogP contribution in [0.3, 0.4) is 0 Å². The maximum Gasteiger partial charge on any atom is 0.422 e. The van der Waals surface area contributed by atoms with E-state index in [2.05, 4.69) is 20.3 Å². The van der Waals surface area contributed by atoms with Crippen molar-refractivity contribution in [2.45, 2.75) is 12.8 Å². The van der Waals surface area contributed by atoms with E-state index in [-0.39, 0.29) is 29.5 Å². The number of carbonyl (C=O) groups excluding carboxylic acids is 1. The van der Waals surface area contributed by atoms with Gasteiger partial charge in [-0.1, -0.05) is 17.7 Å². The molecular formula is C23H17ClF3N5O3. The van der Waals surface area contributed by atoms with E-state index in [0.717, 1.165) is 5.69 Å². The van der Waals surface area contributed by atoms with Crippen molar-refractivity contribution >= 4 is 39.9 Å². The van der Waals surface area contributed by atoms with E-state index in [1.807, 2.05) is 12.1 Å². The summed E-state index contributed by atoms with van der Waals surface area (Å²) in [5, 5.41) is 3.75. The third-order valence-corrected chi connectivity index (χ3v) is 4.88. The molecule has 0 fully saturated rings. The number of pyridine rings is 1. The molecule has 3 N–H and O–H groups in total. The molecule has 0 radical (unpaired) electrons. The maximum absolute atomic E-state index is 12.5. The van der Waals surface area contributed by atoms with Gasteiger partial charge in [0.1, 0.15) is 23.9 Å². The molecule has 0 saturated carbocycles. The molecule has 4 aromatic rings. The van der Waals surface area contributed by atoms with Crippen molar-refractivity contribution in [1.82, 2.24) is 15.0 Å². The van der Waals surface area contributed by atoms with Crippen LogP contribution in [0.25, 0.3) is 10.9 Å². The van der Waals surface area contributed by atoms with Crippen LogP contribution in [0.5, 0.6) is 11.5 Å². The fraction of sp³-hybridized carbons (Fsp3) is 0.130. The summed E-state index contributed by atoms with van der Waals surface area (Å²) in [5.41, 5.74) is 6.74. The fourth-order valence-electron chi connectivity index (χ4n) is 3.04. The first-order valence-electron chi connectivity index (χ1n) is 10.1. The topological polar surface area (TPSA) is 112 Å². The van der Waals surface area contributed by atoms with Gasteiger partial charge in [-0.05, 0) is 42.5 Å². The lowest BCUT2D eigenvalue weighted by Gasteiger charge is -2.13. The number of fused-ring (bicyclic) bond motifs is 1. The quantitative estimate of drug-likeness (QED) is 0.346. The number of ether oxygens (including phenoxy) is 2. The average molecular weight is 504 g/mol. The Morgan fingerprint density at radius 1 is 1.06 bits per heavy atom. The van der Waals surface area contributed by atoms with Crippen LogP contribution in [0, 0.1) is 0 Å². The lowest BCUT2D eigenvalue weighted by molar-refractivity contribution is -0.153. The lowest BCUT2D eigenvalue weighted by atomic mass is 10.2. The number of hydrogen-bond donors (Lipinski definition) is 2. The molecule has 2 aromatic carbocycles. The molecule has 0 aliphatic rings. The molecule has 0 bridgehead atoms. The van der Waals surface area contributed by atoms with Crippen LogP contribution in [-0.2, 0) is 6.61 Å². The van der Waals surface area contributed by atoms with Gasteiger partial charge in [-0.3, -0.25) is 9.78 Å². The number of halogens is 4. The Morgan fingerprint density at radius 2 is 1.89 bits per heavy atom. The summed E-state index contributed by atoms with van der Waals surface area (Å²) in [6, 6.07) is 14.5. The summed E-state index contributed by atoms with van der Waals surface area (Å²) < 4.78 is 47.9. The zero-order valence-corrected chi connectivity index (χ0v) is 18.6. The van der Waals surface area contributed by atoms with Gasteiger partial charge in [0.15, 0.2) is 6.61 Å². The number of anilines is 2. The first-order valence-corrected chi connectivity index (χ1v) is 10.5. The summed E-state index contributed by atoms with van der Waals surface area (Å²) in [4.78, 5) is 24.1. The Labute approximate surface area is 201 Å². The predicted molar refractivity (Wildman–Crippen MR) is 123 cm³/mol. The second-order valence-electron chi connectivity index (χ2n) is 7.22. The number of hydrogen-bond acceptors (Lipinski definition) is 7. The summed E-state index contributed by atoms with van der Waals surface area (Å²) in [7, 11) is 0. The molecule has 0 spiro atoms. The minimum absolute atomic E-state index is 0.0765. The van der Waals surface area contributed by atoms with Crippen molar-refractivity contribution < 1.29 is 27.4 Å². The first-order chi connectivity index (χ1) is 16.7. The van der Waals surface area contributed by atoms with Crippen molar-refractivity contribution in [1.29, 1.82) is 0 Å². The van der Waals surface area contributed by atoms with E-state index in [1.165, 1.54) is 18.2 Å². The Morgan fingerprint density at radius 3 is 2.57 bits per heavy atom. The molecule has 0 saturated heterocycles. The first kappa shape index (κ1) is 24.0. The molecule has 1 amide bonds. The monoisotopic (exact) mass is 503 g/mol. The predicted octanol–water partition coefficient (Wildman–Crippen LogP) is 5.04. The summed E-state index contributed by atoms with van der Waals surface area (Å²) in [6.07, 6.45) is -2.84. The molecule has 8 nitrogen and oxygen atoms in total. The van der Waals surface area contributed by atoms with Gasteiger partial charge >= 0.3 is 6.18 Å². The molecular weight excluding hydrogens is 487 g/mol. The smallest absolute Gasteiger partial charge is 0.422 e. The van der Waals surface area contributed by atoms with E-state index >= 15 is 0 Å². The van der Waals surface area contributed by atoms with Gasteiger partial charge in [0.25, 0.3) is 5.91 Å². The van der Waals surface area contributed by atoms with Crippen molar-refractivity contribution in [3.8, 4) is 11.5 Å². The molecule has 2 aromatic heterocycles. The van der Waals surface area contributed by atoms with Crippen LogP contribution in [0.1, 0.15) is 16.3 Å². The Hall–Kier alpha value is -4.12. The van der Waals surface area contributed by atoms with Gasteiger partial charge in [0, 0.05) is 23.3 Å². The Balaban J connectivity index is 1.58. The average Bonchev–Trinajstić information content (AvgIpc) is 2.82. The van der Waals surface area contributed by atoms with Gasteiger partial charge in [-0.25, -0.2) is 9.97 Å². The maximum atomic E-state index is 12.5. The highest BCUT2D eigenvalue weighted by Gasteiger charge is 2.28. The number of nitrogens with two attached hydrogens (primary N) is 1. The summed E-state index contributed by atoms with van der Waals surface area (Å²) in [6.45, 7) is -1.24. The third-order valence-electron chi connectivity index (χ3n) is 4.59. The van der Waals surface area contributed by atoms with Crippen molar-refractivity contribution in [2.24, 2.45) is 5.73 Å². The number of primary amides is 1. The van der Waals surface area contributed by atoms with Gasteiger partial charge in [-0.15, -0.1) is 0 Å². The van der Waals surface area contributed by atoms with Crippen molar-refractivity contribution in [2.75, 3.05) is 11.9 Å². The van der Waals surface area contributed by atoms with Crippen LogP contribution in [0.15, 0.2) is 60.8 Å². The van der Waals surface area contributed by atoms with E-state index in [9.17, 15) is 18.0 Å². The zero-order chi connectivity index (χ0) is 25.0. The summed E-state index contributed by atoms with van der Waals surface area (Å²) >= 11 is 6.35. The zero-order valence-electron chi connectivity index (χ0n) is 17.8. The minimum atomic E-state index is -4.50. The van der Waals surface area contributed by atoms with Crippen LogP contribution < -0.4 is 20.5 Å². The number of aromatic nitrogens is 3. The van der Waals surface area contributed by atoms with Crippen LogP contribution >= 0.6 is 11.6 Å². The molecule has 12 heteroatoms. The second kappa shape index (κ2) is 10.0. The second-order valence-corrected chi connectivity index (χ2v) is 7.63. The largest absolute Gasteiger partial charge is 0.486 e. The number of benzene rings is 2. The standard InChI is InChI=1S/C23H17ClF3N5O3/c24-17-9-13(4-7-19(17)34-11-14-3-1-2-8-29-14)30-21-16-6-5-15(35-12-23(25,26)27)10-18(16)31-22(32-21)20(28)33/h1-10H,11-12H2,(H2,28,33)(H,30,31,32). The van der Waals surface area contributed by atoms with Gasteiger partial charge in [0.2, 0.25) is 5.82 Å². The van der Waals surface area contributed by atoms with Crippen molar-refractivity contribution in [3.63, 3.8) is 0 Å². The number of nitrogens with one attached hydrogen (secondary N) is 1. The number of amides is 1. The number of carbonyl (C=O) groups is 1. The highest BCUT2D eigenvalue weighted by Crippen LogP contribution is 2.32. The minimum Gasteiger partial charge on any atom is -0.486 e. The molecule has 0 aliphatic carbocycles. The van der Waals surface area contributed by atoms with Crippen LogP contribution in [-0.4, -0.2) is 33.6 Å². The molecule has 0 atom stereocenters. The normalized spacial score (nSPS) is 11.3. The van der Waals surface area contributed by atoms with Gasteiger partial charge < -0.3 is 20.5 Å². The molecule has 4 rings (SSSR count). The number of rotatable bonds is 8.